The third-order valence-corrected chi connectivity index (χ3v) is 3.98. The molecule has 3 rings (SSSR count). The summed E-state index contributed by atoms with van der Waals surface area (Å²) in [6.45, 7) is 4.06. The van der Waals surface area contributed by atoms with Gasteiger partial charge in [0, 0.05) is 24.3 Å². The number of hydrogen-bond donors (Lipinski definition) is 1. The van der Waals surface area contributed by atoms with Gasteiger partial charge in [-0.25, -0.2) is 0 Å². The molecule has 0 radical (unpaired) electrons. The van der Waals surface area contributed by atoms with E-state index < -0.39 is 0 Å². The highest BCUT2D eigenvalue weighted by Gasteiger charge is 2.14. The van der Waals surface area contributed by atoms with Gasteiger partial charge in [0.25, 0.3) is 5.91 Å². The van der Waals surface area contributed by atoms with Crippen LogP contribution >= 0.6 is 0 Å². The third-order valence-electron chi connectivity index (χ3n) is 3.98. The number of aryl methyl sites for hydroxylation is 1. The summed E-state index contributed by atoms with van der Waals surface area (Å²) >= 11 is 0. The molecule has 1 aliphatic heterocycles. The second kappa shape index (κ2) is 5.70. The Labute approximate surface area is 125 Å². The molecular weight excluding hydrogens is 260 g/mol. The minimum absolute atomic E-state index is 0.0564. The van der Waals surface area contributed by atoms with Crippen LogP contribution in [0, 0.1) is 6.92 Å². The molecule has 0 aliphatic carbocycles. The fourth-order valence-corrected chi connectivity index (χ4v) is 2.68. The molecule has 1 aliphatic rings. The highest BCUT2D eigenvalue weighted by atomic mass is 16.1. The molecule has 0 saturated heterocycles. The first kappa shape index (κ1) is 13.8. The average molecular weight is 280 g/mol. The Morgan fingerprint density at radius 3 is 2.62 bits per heavy atom. The van der Waals surface area contributed by atoms with Gasteiger partial charge in [0.1, 0.15) is 0 Å². The minimum Gasteiger partial charge on any atom is -0.322 e. The van der Waals surface area contributed by atoms with Gasteiger partial charge in [-0.2, -0.15) is 0 Å². The zero-order chi connectivity index (χ0) is 14.8. The van der Waals surface area contributed by atoms with Crippen LogP contribution in [0.1, 0.15) is 27.0 Å². The van der Waals surface area contributed by atoms with Crippen molar-refractivity contribution in [3.8, 4) is 0 Å². The normalized spacial score (nSPS) is 14.6. The summed E-state index contributed by atoms with van der Waals surface area (Å²) in [5, 5.41) is 2.99. The van der Waals surface area contributed by atoms with E-state index in [4.69, 9.17) is 0 Å². The second-order valence-electron chi connectivity index (χ2n) is 5.79. The van der Waals surface area contributed by atoms with E-state index in [-0.39, 0.29) is 5.91 Å². The van der Waals surface area contributed by atoms with E-state index in [2.05, 4.69) is 29.4 Å². The molecule has 108 valence electrons. The first-order valence-electron chi connectivity index (χ1n) is 7.30. The van der Waals surface area contributed by atoms with Crippen LogP contribution in [0.15, 0.2) is 42.5 Å². The van der Waals surface area contributed by atoms with Gasteiger partial charge in [-0.05, 0) is 55.8 Å². The number of nitrogens with zero attached hydrogens (tertiary/aromatic N) is 1. The van der Waals surface area contributed by atoms with Gasteiger partial charge in [-0.3, -0.25) is 4.79 Å². The van der Waals surface area contributed by atoms with Crippen molar-refractivity contribution in [3.05, 3.63) is 64.7 Å². The molecule has 3 heteroatoms. The number of amides is 1. The van der Waals surface area contributed by atoms with Crippen molar-refractivity contribution >= 4 is 11.6 Å². The van der Waals surface area contributed by atoms with Crippen LogP contribution < -0.4 is 5.32 Å². The lowest BCUT2D eigenvalue weighted by atomic mass is 9.99. The van der Waals surface area contributed by atoms with E-state index in [0.29, 0.717) is 5.56 Å². The van der Waals surface area contributed by atoms with Crippen molar-refractivity contribution in [2.45, 2.75) is 19.9 Å². The number of carbonyl (C=O) groups excluding carboxylic acids is 1. The molecule has 3 nitrogen and oxygen atoms in total. The predicted molar refractivity (Wildman–Crippen MR) is 85.6 cm³/mol. The van der Waals surface area contributed by atoms with Crippen LogP contribution in [0.3, 0.4) is 0 Å². The standard InChI is InChI=1S/C18H20N2O/c1-13-3-5-15(6-4-13)18(21)19-17-8-7-14-9-10-20(2)12-16(14)11-17/h3-8,11H,9-10,12H2,1-2H3,(H,19,21). The fourth-order valence-electron chi connectivity index (χ4n) is 2.68. The Morgan fingerprint density at radius 1 is 1.10 bits per heavy atom. The van der Waals surface area contributed by atoms with E-state index in [1.807, 2.05) is 37.3 Å². The Kier molecular flexibility index (Phi) is 3.76. The molecule has 0 spiro atoms. The number of nitrogens with one attached hydrogen (secondary N) is 1. The number of benzene rings is 2. The van der Waals surface area contributed by atoms with Gasteiger partial charge >= 0.3 is 0 Å². The highest BCUT2D eigenvalue weighted by Crippen LogP contribution is 2.22. The van der Waals surface area contributed by atoms with Crippen molar-refractivity contribution in [1.82, 2.24) is 4.90 Å². The van der Waals surface area contributed by atoms with E-state index in [1.54, 1.807) is 0 Å². The molecule has 21 heavy (non-hydrogen) atoms. The lowest BCUT2D eigenvalue weighted by Crippen LogP contribution is -2.26. The molecule has 0 unspecified atom stereocenters. The van der Waals surface area contributed by atoms with E-state index in [0.717, 1.165) is 30.8 Å². The molecule has 0 atom stereocenters. The summed E-state index contributed by atoms with van der Waals surface area (Å²) in [5.74, 6) is -0.0564. The largest absolute Gasteiger partial charge is 0.322 e. The molecule has 1 N–H and O–H groups in total. The first-order valence-corrected chi connectivity index (χ1v) is 7.30. The monoisotopic (exact) mass is 280 g/mol. The number of likely N-dealkylation sites (N-methyl/N-ethyl adjacent to an activating group) is 1. The summed E-state index contributed by atoms with van der Waals surface area (Å²) in [6.07, 6.45) is 1.08. The first-order chi connectivity index (χ1) is 10.1. The zero-order valence-corrected chi connectivity index (χ0v) is 12.5. The van der Waals surface area contributed by atoms with Gasteiger partial charge in [0.05, 0.1) is 0 Å². The van der Waals surface area contributed by atoms with Crippen molar-refractivity contribution in [2.75, 3.05) is 18.9 Å². The number of fused-ring (bicyclic) bond motifs is 1. The third kappa shape index (κ3) is 3.14. The molecule has 0 aromatic heterocycles. The molecule has 0 fully saturated rings. The molecule has 1 heterocycles. The molecular formula is C18H20N2O. The van der Waals surface area contributed by atoms with Crippen LogP contribution in [-0.4, -0.2) is 24.4 Å². The highest BCUT2D eigenvalue weighted by molar-refractivity contribution is 6.04. The summed E-state index contributed by atoms with van der Waals surface area (Å²) < 4.78 is 0. The predicted octanol–water partition coefficient (Wildman–Crippen LogP) is 3.24. The van der Waals surface area contributed by atoms with Crippen molar-refractivity contribution < 1.29 is 4.79 Å². The van der Waals surface area contributed by atoms with Crippen LogP contribution in [-0.2, 0) is 13.0 Å². The average Bonchev–Trinajstić information content (AvgIpc) is 2.47. The van der Waals surface area contributed by atoms with Gasteiger partial charge in [0.15, 0.2) is 0 Å². The number of hydrogen-bond acceptors (Lipinski definition) is 2. The molecule has 1 amide bonds. The second-order valence-corrected chi connectivity index (χ2v) is 5.79. The number of rotatable bonds is 2. The zero-order valence-electron chi connectivity index (χ0n) is 12.5. The fraction of sp³-hybridized carbons (Fsp3) is 0.278. The number of anilines is 1. The number of carbonyl (C=O) groups is 1. The van der Waals surface area contributed by atoms with Crippen LogP contribution in [0.5, 0.6) is 0 Å². The Hall–Kier alpha value is -2.13. The molecule has 0 bridgehead atoms. The maximum Gasteiger partial charge on any atom is 0.255 e. The van der Waals surface area contributed by atoms with Crippen molar-refractivity contribution in [1.29, 1.82) is 0 Å². The maximum absolute atomic E-state index is 12.2. The van der Waals surface area contributed by atoms with E-state index in [9.17, 15) is 4.79 Å². The van der Waals surface area contributed by atoms with Gasteiger partial charge in [0.2, 0.25) is 0 Å². The van der Waals surface area contributed by atoms with Crippen LogP contribution in [0.2, 0.25) is 0 Å². The van der Waals surface area contributed by atoms with Gasteiger partial charge in [-0.15, -0.1) is 0 Å². The quantitative estimate of drug-likeness (QED) is 0.916. The molecule has 2 aromatic rings. The van der Waals surface area contributed by atoms with Crippen molar-refractivity contribution in [2.24, 2.45) is 0 Å². The molecule has 2 aromatic carbocycles. The molecule has 0 saturated carbocycles. The smallest absolute Gasteiger partial charge is 0.255 e. The lowest BCUT2D eigenvalue weighted by Gasteiger charge is -2.25. The SMILES string of the molecule is Cc1ccc(C(=O)Nc2ccc3c(c2)CN(C)CC3)cc1. The van der Waals surface area contributed by atoms with Crippen molar-refractivity contribution in [3.63, 3.8) is 0 Å². The van der Waals surface area contributed by atoms with Crippen LogP contribution in [0.4, 0.5) is 5.69 Å². The summed E-state index contributed by atoms with van der Waals surface area (Å²) in [4.78, 5) is 14.5. The van der Waals surface area contributed by atoms with Gasteiger partial charge < -0.3 is 10.2 Å². The lowest BCUT2D eigenvalue weighted by molar-refractivity contribution is 0.102. The van der Waals surface area contributed by atoms with E-state index in [1.165, 1.54) is 11.1 Å². The van der Waals surface area contributed by atoms with Gasteiger partial charge in [-0.1, -0.05) is 23.8 Å². The topological polar surface area (TPSA) is 32.3 Å². The Morgan fingerprint density at radius 2 is 1.86 bits per heavy atom. The Balaban J connectivity index is 1.77. The summed E-state index contributed by atoms with van der Waals surface area (Å²) in [6, 6.07) is 13.8. The maximum atomic E-state index is 12.2. The summed E-state index contributed by atoms with van der Waals surface area (Å²) in [5.41, 5.74) is 5.42. The summed E-state index contributed by atoms with van der Waals surface area (Å²) in [7, 11) is 2.13. The van der Waals surface area contributed by atoms with E-state index >= 15 is 0 Å². The minimum atomic E-state index is -0.0564. The van der Waals surface area contributed by atoms with Crippen LogP contribution in [0.25, 0.3) is 0 Å². The Bertz CT molecular complexity index is 661.